The summed E-state index contributed by atoms with van der Waals surface area (Å²) in [6, 6.07) is 2.96. The topological polar surface area (TPSA) is 81.2 Å². The molecule has 0 saturated carbocycles. The number of pyridine rings is 1. The normalized spacial score (nSPS) is 17.9. The molecule has 3 rings (SSSR count). The molecule has 1 aliphatic heterocycles. The Morgan fingerprint density at radius 1 is 1.17 bits per heavy atom. The highest BCUT2D eigenvalue weighted by Crippen LogP contribution is 2.29. The highest BCUT2D eigenvalue weighted by atomic mass is 32.2. The first-order chi connectivity index (χ1) is 10.9. The van der Waals surface area contributed by atoms with Gasteiger partial charge in [-0.05, 0) is 25.0 Å². The van der Waals surface area contributed by atoms with Crippen molar-refractivity contribution in [2.75, 3.05) is 11.5 Å². The molecule has 2 aromatic rings. The number of hydrogen-bond acceptors (Lipinski definition) is 6. The van der Waals surface area contributed by atoms with Gasteiger partial charge in [0.2, 0.25) is 5.82 Å². The van der Waals surface area contributed by atoms with E-state index in [4.69, 9.17) is 0 Å². The van der Waals surface area contributed by atoms with E-state index in [-0.39, 0.29) is 11.5 Å². The molecule has 0 N–H and O–H groups in total. The molecule has 1 saturated heterocycles. The van der Waals surface area contributed by atoms with Crippen molar-refractivity contribution in [1.82, 2.24) is 15.1 Å². The Kier molecular flexibility index (Phi) is 4.09. The Bertz CT molecular complexity index is 795. The minimum absolute atomic E-state index is 0.127. The zero-order chi connectivity index (χ0) is 16.5. The zero-order valence-electron chi connectivity index (χ0n) is 11.9. The third-order valence-corrected chi connectivity index (χ3v) is 5.74. The van der Waals surface area contributed by atoms with Gasteiger partial charge in [0.1, 0.15) is 5.69 Å². The van der Waals surface area contributed by atoms with Gasteiger partial charge in [-0.1, -0.05) is 11.6 Å². The smallest absolute Gasteiger partial charge is 0.329 e. The van der Waals surface area contributed by atoms with Crippen molar-refractivity contribution in [1.29, 1.82) is 0 Å². The molecule has 1 fully saturated rings. The van der Waals surface area contributed by atoms with Crippen LogP contribution < -0.4 is 0 Å². The van der Waals surface area contributed by atoms with Crippen LogP contribution in [0.1, 0.15) is 25.2 Å². The highest BCUT2D eigenvalue weighted by Gasteiger charge is 2.38. The number of aromatic nitrogens is 3. The second kappa shape index (κ2) is 5.91. The van der Waals surface area contributed by atoms with Gasteiger partial charge in [-0.3, -0.25) is 4.98 Å². The van der Waals surface area contributed by atoms with Gasteiger partial charge in [-0.25, -0.2) is 4.21 Å². The molecule has 0 unspecified atom stereocenters. The lowest BCUT2D eigenvalue weighted by molar-refractivity contribution is -0.159. The van der Waals surface area contributed by atoms with Crippen molar-refractivity contribution in [3.05, 3.63) is 24.2 Å². The Labute approximate surface area is 130 Å². The molecule has 0 radical (unpaired) electrons. The first-order valence-electron chi connectivity index (χ1n) is 6.96. The lowest BCUT2D eigenvalue weighted by Gasteiger charge is -2.14. The van der Waals surface area contributed by atoms with Gasteiger partial charge in [0, 0.05) is 11.5 Å². The minimum Gasteiger partial charge on any atom is -0.329 e. The van der Waals surface area contributed by atoms with Crippen molar-refractivity contribution in [2.24, 2.45) is 4.36 Å². The maximum Gasteiger partial charge on any atom is 0.471 e. The van der Waals surface area contributed by atoms with Gasteiger partial charge in [0.15, 0.2) is 0 Å². The van der Waals surface area contributed by atoms with E-state index in [0.717, 1.165) is 19.3 Å². The molecular weight excluding hydrogens is 333 g/mol. The molecule has 0 aliphatic carbocycles. The van der Waals surface area contributed by atoms with Crippen LogP contribution >= 0.6 is 0 Å². The summed E-state index contributed by atoms with van der Waals surface area (Å²) in [5.41, 5.74) is 0.557. The number of nitrogens with zero attached hydrogens (tertiary/aromatic N) is 4. The SMILES string of the molecule is O=S1(=Nc2ccc(-c3noc(C(F)(F)F)n3)nc2)CCCCC1. The van der Waals surface area contributed by atoms with Crippen molar-refractivity contribution in [2.45, 2.75) is 25.4 Å². The Hall–Kier alpha value is -1.97. The third-order valence-electron chi connectivity index (χ3n) is 3.34. The Morgan fingerprint density at radius 2 is 1.91 bits per heavy atom. The van der Waals surface area contributed by atoms with E-state index in [1.165, 1.54) is 18.3 Å². The van der Waals surface area contributed by atoms with E-state index in [9.17, 15) is 17.4 Å². The summed E-state index contributed by atoms with van der Waals surface area (Å²) in [7, 11) is -2.25. The first-order valence-corrected chi connectivity index (χ1v) is 8.81. The van der Waals surface area contributed by atoms with Crippen LogP contribution in [-0.2, 0) is 15.9 Å². The van der Waals surface area contributed by atoms with Crippen molar-refractivity contribution < 1.29 is 21.9 Å². The summed E-state index contributed by atoms with van der Waals surface area (Å²) in [5, 5.41) is 3.26. The van der Waals surface area contributed by atoms with Gasteiger partial charge in [0.05, 0.1) is 21.6 Å². The summed E-state index contributed by atoms with van der Waals surface area (Å²) < 4.78 is 58.2. The predicted molar refractivity (Wildman–Crippen MR) is 76.3 cm³/mol. The van der Waals surface area contributed by atoms with E-state index in [1.54, 1.807) is 0 Å². The van der Waals surface area contributed by atoms with E-state index in [2.05, 4.69) is 24.0 Å². The molecular formula is C13H13F3N4O2S. The summed E-state index contributed by atoms with van der Waals surface area (Å²) >= 11 is 0. The van der Waals surface area contributed by atoms with Gasteiger partial charge in [-0.15, -0.1) is 0 Å². The van der Waals surface area contributed by atoms with Gasteiger partial charge >= 0.3 is 12.1 Å². The van der Waals surface area contributed by atoms with Crippen LogP contribution in [0.3, 0.4) is 0 Å². The molecule has 1 aliphatic rings. The molecule has 0 aromatic carbocycles. The summed E-state index contributed by atoms with van der Waals surface area (Å²) in [6.07, 6.45) is -0.517. The third kappa shape index (κ3) is 3.69. The maximum atomic E-state index is 12.5. The van der Waals surface area contributed by atoms with Crippen molar-refractivity contribution in [3.63, 3.8) is 0 Å². The van der Waals surface area contributed by atoms with E-state index >= 15 is 0 Å². The van der Waals surface area contributed by atoms with Crippen molar-refractivity contribution in [3.8, 4) is 11.5 Å². The van der Waals surface area contributed by atoms with Crippen LogP contribution in [0, 0.1) is 0 Å². The second-order valence-corrected chi connectivity index (χ2v) is 7.70. The average Bonchev–Trinajstić information content (AvgIpc) is 2.98. The zero-order valence-corrected chi connectivity index (χ0v) is 12.7. The molecule has 23 heavy (non-hydrogen) atoms. The first kappa shape index (κ1) is 15.9. The number of alkyl halides is 3. The number of halogens is 3. The fraction of sp³-hybridized carbons (Fsp3) is 0.462. The largest absolute Gasteiger partial charge is 0.471 e. The van der Waals surface area contributed by atoms with Crippen LogP contribution in [0.4, 0.5) is 18.9 Å². The molecule has 6 nitrogen and oxygen atoms in total. The summed E-state index contributed by atoms with van der Waals surface area (Å²) in [6.45, 7) is 0. The van der Waals surface area contributed by atoms with E-state index in [1.807, 2.05) is 0 Å². The fourth-order valence-electron chi connectivity index (χ4n) is 2.23. The number of rotatable bonds is 2. The lowest BCUT2D eigenvalue weighted by Crippen LogP contribution is -2.15. The van der Waals surface area contributed by atoms with E-state index in [0.29, 0.717) is 17.2 Å². The fourth-order valence-corrected chi connectivity index (χ4v) is 4.42. The van der Waals surface area contributed by atoms with Crippen molar-refractivity contribution >= 4 is 15.4 Å². The Balaban J connectivity index is 1.84. The highest BCUT2D eigenvalue weighted by molar-refractivity contribution is 7.93. The summed E-state index contributed by atoms with van der Waals surface area (Å²) in [4.78, 5) is 7.23. The van der Waals surface area contributed by atoms with E-state index < -0.39 is 21.8 Å². The standard InChI is InChI=1S/C13H13F3N4O2S/c14-13(15,16)12-18-11(19-22-12)10-5-4-9(8-17-10)20-23(21)6-2-1-3-7-23/h4-5,8H,1-3,6-7H2. The van der Waals surface area contributed by atoms with Crippen LogP contribution in [0.2, 0.25) is 0 Å². The number of hydrogen-bond donors (Lipinski definition) is 0. The van der Waals surface area contributed by atoms with Gasteiger partial charge < -0.3 is 4.52 Å². The second-order valence-electron chi connectivity index (χ2n) is 5.16. The van der Waals surface area contributed by atoms with Crippen LogP contribution in [-0.4, -0.2) is 30.8 Å². The molecule has 124 valence electrons. The molecule has 10 heteroatoms. The van der Waals surface area contributed by atoms with Crippen LogP contribution in [0.15, 0.2) is 27.2 Å². The Morgan fingerprint density at radius 3 is 2.48 bits per heavy atom. The molecule has 2 aromatic heterocycles. The molecule has 0 spiro atoms. The maximum absolute atomic E-state index is 12.5. The summed E-state index contributed by atoms with van der Waals surface area (Å²) in [5.74, 6) is -0.553. The lowest BCUT2D eigenvalue weighted by atomic mass is 10.3. The molecule has 0 atom stereocenters. The monoisotopic (exact) mass is 346 g/mol. The molecule has 0 amide bonds. The quantitative estimate of drug-likeness (QED) is 0.832. The minimum atomic E-state index is -4.69. The van der Waals surface area contributed by atoms with Gasteiger partial charge in [-0.2, -0.15) is 22.5 Å². The van der Waals surface area contributed by atoms with Crippen LogP contribution in [0.5, 0.6) is 0 Å². The molecule has 3 heterocycles. The molecule has 0 bridgehead atoms. The van der Waals surface area contributed by atoms with Gasteiger partial charge in [0.25, 0.3) is 0 Å². The van der Waals surface area contributed by atoms with Crippen LogP contribution in [0.25, 0.3) is 11.5 Å². The average molecular weight is 346 g/mol. The predicted octanol–water partition coefficient (Wildman–Crippen LogP) is 3.43.